The van der Waals surface area contributed by atoms with E-state index in [1.165, 1.54) is 25.7 Å². The standard InChI is InChI=1S/C10H16ClN5/c1-6(7-4-2-3-5-7)13-10-15-8(11)14-9(12)16-10/h6-7H,2-5H2,1H3,(H3,12,13,14,15,16). The van der Waals surface area contributed by atoms with Gasteiger partial charge in [-0.3, -0.25) is 0 Å². The number of nitrogen functional groups attached to an aromatic ring is 1. The van der Waals surface area contributed by atoms with E-state index in [0.29, 0.717) is 17.9 Å². The lowest BCUT2D eigenvalue weighted by atomic mass is 10.0. The molecular formula is C10H16ClN5. The van der Waals surface area contributed by atoms with Crippen LogP contribution in [0.25, 0.3) is 0 Å². The van der Waals surface area contributed by atoms with Crippen LogP contribution in [0.4, 0.5) is 11.9 Å². The van der Waals surface area contributed by atoms with Crippen molar-refractivity contribution in [2.24, 2.45) is 5.92 Å². The maximum absolute atomic E-state index is 5.71. The van der Waals surface area contributed by atoms with Crippen LogP contribution in [0, 0.1) is 5.92 Å². The lowest BCUT2D eigenvalue weighted by molar-refractivity contribution is 0.480. The molecule has 1 atom stereocenters. The van der Waals surface area contributed by atoms with E-state index in [1.54, 1.807) is 0 Å². The smallest absolute Gasteiger partial charge is 0.229 e. The Bertz CT molecular complexity index is 344. The first kappa shape index (κ1) is 11.4. The minimum Gasteiger partial charge on any atom is -0.368 e. The number of anilines is 2. The molecule has 5 nitrogen and oxygen atoms in total. The van der Waals surface area contributed by atoms with Crippen LogP contribution in [0.3, 0.4) is 0 Å². The average Bonchev–Trinajstić information content (AvgIpc) is 2.68. The molecule has 16 heavy (non-hydrogen) atoms. The number of rotatable bonds is 3. The summed E-state index contributed by atoms with van der Waals surface area (Å²) in [5.41, 5.74) is 5.50. The second-order valence-electron chi connectivity index (χ2n) is 4.26. The fraction of sp³-hybridized carbons (Fsp3) is 0.700. The summed E-state index contributed by atoms with van der Waals surface area (Å²) >= 11 is 5.71. The van der Waals surface area contributed by atoms with Crippen molar-refractivity contribution in [3.8, 4) is 0 Å². The minimum atomic E-state index is 0.133. The number of hydrogen-bond donors (Lipinski definition) is 2. The van der Waals surface area contributed by atoms with Crippen LogP contribution in [0.15, 0.2) is 0 Å². The Hall–Kier alpha value is -1.10. The summed E-state index contributed by atoms with van der Waals surface area (Å²) in [6.45, 7) is 2.14. The van der Waals surface area contributed by atoms with Gasteiger partial charge in [0.2, 0.25) is 17.2 Å². The number of halogens is 1. The van der Waals surface area contributed by atoms with Crippen LogP contribution in [0.2, 0.25) is 5.28 Å². The molecule has 0 aromatic carbocycles. The summed E-state index contributed by atoms with van der Waals surface area (Å²) in [6, 6.07) is 0.348. The van der Waals surface area contributed by atoms with Crippen molar-refractivity contribution in [3.05, 3.63) is 5.28 Å². The predicted molar refractivity (Wildman–Crippen MR) is 64.3 cm³/mol. The van der Waals surface area contributed by atoms with Crippen molar-refractivity contribution >= 4 is 23.5 Å². The average molecular weight is 242 g/mol. The molecule has 0 aliphatic heterocycles. The van der Waals surface area contributed by atoms with Gasteiger partial charge in [0, 0.05) is 6.04 Å². The molecule has 3 N–H and O–H groups in total. The Morgan fingerprint density at radius 3 is 2.62 bits per heavy atom. The fourth-order valence-corrected chi connectivity index (χ4v) is 2.38. The molecule has 1 heterocycles. The molecule has 0 radical (unpaired) electrons. The van der Waals surface area contributed by atoms with Gasteiger partial charge in [-0.2, -0.15) is 15.0 Å². The Morgan fingerprint density at radius 1 is 1.31 bits per heavy atom. The third-order valence-corrected chi connectivity index (χ3v) is 3.26. The van der Waals surface area contributed by atoms with Gasteiger partial charge in [0.05, 0.1) is 0 Å². The first-order valence-corrected chi connectivity index (χ1v) is 5.96. The van der Waals surface area contributed by atoms with Gasteiger partial charge in [-0.15, -0.1) is 0 Å². The topological polar surface area (TPSA) is 76.7 Å². The summed E-state index contributed by atoms with van der Waals surface area (Å²) < 4.78 is 0. The quantitative estimate of drug-likeness (QED) is 0.848. The molecule has 2 rings (SSSR count). The zero-order valence-corrected chi connectivity index (χ0v) is 10.0. The number of aromatic nitrogens is 3. The van der Waals surface area contributed by atoms with Crippen LogP contribution in [-0.2, 0) is 0 Å². The summed E-state index contributed by atoms with van der Waals surface area (Å²) in [4.78, 5) is 11.7. The van der Waals surface area contributed by atoms with Gasteiger partial charge in [-0.05, 0) is 37.3 Å². The number of nitrogens with zero attached hydrogens (tertiary/aromatic N) is 3. The van der Waals surface area contributed by atoms with Crippen LogP contribution < -0.4 is 11.1 Å². The van der Waals surface area contributed by atoms with Crippen molar-refractivity contribution in [2.75, 3.05) is 11.1 Å². The molecule has 1 unspecified atom stereocenters. The molecule has 1 fully saturated rings. The lowest BCUT2D eigenvalue weighted by Crippen LogP contribution is -2.25. The lowest BCUT2D eigenvalue weighted by Gasteiger charge is -2.20. The van der Waals surface area contributed by atoms with E-state index in [0.717, 1.165) is 0 Å². The SMILES string of the molecule is CC(Nc1nc(N)nc(Cl)n1)C1CCCC1. The van der Waals surface area contributed by atoms with Gasteiger partial charge in [0.25, 0.3) is 0 Å². The molecular weight excluding hydrogens is 226 g/mol. The van der Waals surface area contributed by atoms with E-state index in [-0.39, 0.29) is 11.2 Å². The molecule has 0 spiro atoms. The molecule has 6 heteroatoms. The van der Waals surface area contributed by atoms with E-state index < -0.39 is 0 Å². The number of hydrogen-bond acceptors (Lipinski definition) is 5. The molecule has 0 bridgehead atoms. The highest BCUT2D eigenvalue weighted by atomic mass is 35.5. The first-order chi connectivity index (χ1) is 7.65. The van der Waals surface area contributed by atoms with Crippen LogP contribution in [-0.4, -0.2) is 21.0 Å². The molecule has 1 aromatic heterocycles. The summed E-state index contributed by atoms with van der Waals surface area (Å²) in [5.74, 6) is 1.31. The number of nitrogens with two attached hydrogens (primary N) is 1. The molecule has 1 aliphatic rings. The Kier molecular flexibility index (Phi) is 3.43. The van der Waals surface area contributed by atoms with Crippen molar-refractivity contribution in [2.45, 2.75) is 38.6 Å². The van der Waals surface area contributed by atoms with E-state index in [4.69, 9.17) is 17.3 Å². The molecule has 0 amide bonds. The van der Waals surface area contributed by atoms with Gasteiger partial charge < -0.3 is 11.1 Å². The minimum absolute atomic E-state index is 0.133. The van der Waals surface area contributed by atoms with Gasteiger partial charge in [0.1, 0.15) is 0 Å². The Balaban J connectivity index is 2.02. The van der Waals surface area contributed by atoms with Crippen LogP contribution >= 0.6 is 11.6 Å². The third kappa shape index (κ3) is 2.72. The van der Waals surface area contributed by atoms with Crippen molar-refractivity contribution < 1.29 is 0 Å². The van der Waals surface area contributed by atoms with E-state index in [9.17, 15) is 0 Å². The summed E-state index contributed by atoms with van der Waals surface area (Å²) in [5, 5.41) is 3.37. The highest BCUT2D eigenvalue weighted by molar-refractivity contribution is 6.28. The maximum atomic E-state index is 5.71. The molecule has 0 saturated heterocycles. The fourth-order valence-electron chi connectivity index (χ4n) is 2.21. The van der Waals surface area contributed by atoms with Crippen molar-refractivity contribution in [1.29, 1.82) is 0 Å². The third-order valence-electron chi connectivity index (χ3n) is 3.09. The second kappa shape index (κ2) is 4.82. The van der Waals surface area contributed by atoms with Crippen LogP contribution in [0.1, 0.15) is 32.6 Å². The predicted octanol–water partition coefficient (Wildman–Crippen LogP) is 2.10. The normalized spacial score (nSPS) is 18.6. The zero-order valence-electron chi connectivity index (χ0n) is 9.28. The van der Waals surface area contributed by atoms with E-state index in [1.807, 2.05) is 0 Å². The molecule has 88 valence electrons. The van der Waals surface area contributed by atoms with Gasteiger partial charge in [-0.25, -0.2) is 0 Å². The molecule has 1 aromatic rings. The van der Waals surface area contributed by atoms with E-state index >= 15 is 0 Å². The molecule has 1 aliphatic carbocycles. The summed E-state index contributed by atoms with van der Waals surface area (Å²) in [7, 11) is 0. The highest BCUT2D eigenvalue weighted by Crippen LogP contribution is 2.28. The largest absolute Gasteiger partial charge is 0.368 e. The number of nitrogens with one attached hydrogen (secondary N) is 1. The van der Waals surface area contributed by atoms with E-state index in [2.05, 4.69) is 27.2 Å². The molecule has 1 saturated carbocycles. The van der Waals surface area contributed by atoms with Gasteiger partial charge in [0.15, 0.2) is 0 Å². The zero-order chi connectivity index (χ0) is 11.5. The highest BCUT2D eigenvalue weighted by Gasteiger charge is 2.22. The van der Waals surface area contributed by atoms with Gasteiger partial charge in [-0.1, -0.05) is 12.8 Å². The Labute approximate surface area is 99.8 Å². The van der Waals surface area contributed by atoms with Crippen molar-refractivity contribution in [1.82, 2.24) is 15.0 Å². The van der Waals surface area contributed by atoms with Crippen molar-refractivity contribution in [3.63, 3.8) is 0 Å². The second-order valence-corrected chi connectivity index (χ2v) is 4.60. The monoisotopic (exact) mass is 241 g/mol. The maximum Gasteiger partial charge on any atom is 0.229 e. The first-order valence-electron chi connectivity index (χ1n) is 5.59. The Morgan fingerprint density at radius 2 is 2.00 bits per heavy atom. The van der Waals surface area contributed by atoms with Gasteiger partial charge >= 0.3 is 0 Å². The summed E-state index contributed by atoms with van der Waals surface area (Å²) in [6.07, 6.45) is 5.17. The van der Waals surface area contributed by atoms with Crippen LogP contribution in [0.5, 0.6) is 0 Å².